The standard InChI is InChI=1S/C16H12BrFO/c1-9-6-15(18)14(17)8-13(9)16(19)12-5-3-10-2-4-11(10)7-12/h3,5-8H,2,4H2,1H3. The highest BCUT2D eigenvalue weighted by Crippen LogP contribution is 2.27. The molecule has 2 aromatic rings. The van der Waals surface area contributed by atoms with E-state index in [0.717, 1.165) is 12.8 Å². The molecule has 0 fully saturated rings. The van der Waals surface area contributed by atoms with Gasteiger partial charge in [0.2, 0.25) is 0 Å². The molecule has 0 saturated heterocycles. The molecule has 0 spiro atoms. The van der Waals surface area contributed by atoms with Gasteiger partial charge in [-0.15, -0.1) is 0 Å². The normalized spacial score (nSPS) is 12.8. The molecule has 0 aliphatic heterocycles. The molecule has 0 N–H and O–H groups in total. The van der Waals surface area contributed by atoms with Crippen molar-refractivity contribution in [1.82, 2.24) is 0 Å². The molecule has 1 aliphatic rings. The van der Waals surface area contributed by atoms with E-state index in [9.17, 15) is 9.18 Å². The summed E-state index contributed by atoms with van der Waals surface area (Å²) in [5.41, 5.74) is 4.47. The summed E-state index contributed by atoms with van der Waals surface area (Å²) in [6.07, 6.45) is 2.15. The first-order valence-corrected chi connectivity index (χ1v) is 6.97. The van der Waals surface area contributed by atoms with Crippen molar-refractivity contribution in [2.45, 2.75) is 19.8 Å². The fourth-order valence-corrected chi connectivity index (χ4v) is 2.73. The molecule has 2 aromatic carbocycles. The van der Waals surface area contributed by atoms with E-state index in [0.29, 0.717) is 21.2 Å². The highest BCUT2D eigenvalue weighted by atomic mass is 79.9. The van der Waals surface area contributed by atoms with Gasteiger partial charge in [0.05, 0.1) is 4.47 Å². The lowest BCUT2D eigenvalue weighted by molar-refractivity contribution is 0.103. The summed E-state index contributed by atoms with van der Waals surface area (Å²) in [5, 5.41) is 0. The van der Waals surface area contributed by atoms with E-state index >= 15 is 0 Å². The Labute approximate surface area is 119 Å². The van der Waals surface area contributed by atoms with Crippen LogP contribution in [0.2, 0.25) is 0 Å². The minimum atomic E-state index is -0.341. The molecule has 0 radical (unpaired) electrons. The first-order chi connectivity index (χ1) is 9.06. The third-order valence-electron chi connectivity index (χ3n) is 3.64. The third-order valence-corrected chi connectivity index (χ3v) is 4.25. The molecule has 0 bridgehead atoms. The van der Waals surface area contributed by atoms with Gasteiger partial charge in [0, 0.05) is 11.1 Å². The van der Waals surface area contributed by atoms with Crippen molar-refractivity contribution >= 4 is 21.7 Å². The zero-order valence-corrected chi connectivity index (χ0v) is 12.1. The number of aryl methyl sites for hydroxylation is 3. The van der Waals surface area contributed by atoms with Crippen LogP contribution in [0.15, 0.2) is 34.8 Å². The van der Waals surface area contributed by atoms with Crippen LogP contribution in [-0.4, -0.2) is 5.78 Å². The Morgan fingerprint density at radius 1 is 1.16 bits per heavy atom. The fraction of sp³-hybridized carbons (Fsp3) is 0.188. The van der Waals surface area contributed by atoms with Crippen LogP contribution in [0.25, 0.3) is 0 Å². The van der Waals surface area contributed by atoms with Crippen LogP contribution >= 0.6 is 15.9 Å². The van der Waals surface area contributed by atoms with Crippen LogP contribution < -0.4 is 0 Å². The molecule has 96 valence electrons. The van der Waals surface area contributed by atoms with Gasteiger partial charge < -0.3 is 0 Å². The number of hydrogen-bond acceptors (Lipinski definition) is 1. The summed E-state index contributed by atoms with van der Waals surface area (Å²) in [6.45, 7) is 1.75. The maximum Gasteiger partial charge on any atom is 0.193 e. The van der Waals surface area contributed by atoms with Crippen molar-refractivity contribution in [2.75, 3.05) is 0 Å². The Morgan fingerprint density at radius 3 is 2.53 bits per heavy atom. The van der Waals surface area contributed by atoms with Crippen LogP contribution in [-0.2, 0) is 12.8 Å². The summed E-state index contributed by atoms with van der Waals surface area (Å²) >= 11 is 3.13. The Bertz CT molecular complexity index is 691. The zero-order chi connectivity index (χ0) is 13.6. The number of ketones is 1. The largest absolute Gasteiger partial charge is 0.289 e. The number of rotatable bonds is 2. The lowest BCUT2D eigenvalue weighted by Crippen LogP contribution is -2.11. The lowest BCUT2D eigenvalue weighted by Gasteiger charge is -2.19. The minimum Gasteiger partial charge on any atom is -0.289 e. The number of carbonyl (C=O) groups excluding carboxylic acids is 1. The summed E-state index contributed by atoms with van der Waals surface area (Å²) in [4.78, 5) is 12.5. The summed E-state index contributed by atoms with van der Waals surface area (Å²) in [7, 11) is 0. The molecule has 3 heteroatoms. The molecule has 0 saturated carbocycles. The lowest BCUT2D eigenvalue weighted by atomic mass is 9.85. The van der Waals surface area contributed by atoms with E-state index in [2.05, 4.69) is 15.9 Å². The van der Waals surface area contributed by atoms with Crippen molar-refractivity contribution in [3.63, 3.8) is 0 Å². The van der Waals surface area contributed by atoms with Gasteiger partial charge in [-0.2, -0.15) is 0 Å². The topological polar surface area (TPSA) is 17.1 Å². The average molecular weight is 319 g/mol. The molecule has 3 rings (SSSR count). The highest BCUT2D eigenvalue weighted by Gasteiger charge is 2.18. The molecule has 1 aliphatic carbocycles. The first kappa shape index (κ1) is 12.5. The van der Waals surface area contributed by atoms with Crippen LogP contribution in [0.1, 0.15) is 32.6 Å². The van der Waals surface area contributed by atoms with Gasteiger partial charge in [0.15, 0.2) is 5.78 Å². The van der Waals surface area contributed by atoms with Gasteiger partial charge in [-0.1, -0.05) is 12.1 Å². The molecule has 0 aromatic heterocycles. The molecule has 0 amide bonds. The number of hydrogen-bond donors (Lipinski definition) is 0. The second kappa shape index (κ2) is 4.57. The number of fused-ring (bicyclic) bond motifs is 1. The number of halogens is 2. The Kier molecular flexibility index (Phi) is 3.02. The summed E-state index contributed by atoms with van der Waals surface area (Å²) in [6, 6.07) is 8.78. The molecule has 0 unspecified atom stereocenters. The van der Waals surface area contributed by atoms with E-state index < -0.39 is 0 Å². The smallest absolute Gasteiger partial charge is 0.193 e. The van der Waals surface area contributed by atoms with Crippen molar-refractivity contribution in [2.24, 2.45) is 0 Å². The van der Waals surface area contributed by atoms with E-state index in [-0.39, 0.29) is 11.6 Å². The van der Waals surface area contributed by atoms with Gasteiger partial charge in [0.25, 0.3) is 0 Å². The molecule has 1 nitrogen and oxygen atoms in total. The SMILES string of the molecule is Cc1cc(F)c(Br)cc1C(=O)c1ccc2c(c1)CC2. The van der Waals surface area contributed by atoms with Gasteiger partial charge in [-0.05, 0) is 70.6 Å². The maximum atomic E-state index is 13.4. The quantitative estimate of drug-likeness (QED) is 0.757. The zero-order valence-electron chi connectivity index (χ0n) is 10.5. The van der Waals surface area contributed by atoms with Gasteiger partial charge in [-0.3, -0.25) is 4.79 Å². The molecular formula is C16H12BrFO. The third kappa shape index (κ3) is 2.12. The monoisotopic (exact) mass is 318 g/mol. The van der Waals surface area contributed by atoms with Crippen molar-refractivity contribution in [3.05, 3.63) is 68.4 Å². The Balaban J connectivity index is 2.04. The summed E-state index contributed by atoms with van der Waals surface area (Å²) in [5.74, 6) is -0.390. The number of carbonyl (C=O) groups is 1. The Hall–Kier alpha value is -1.48. The molecular weight excluding hydrogens is 307 g/mol. The van der Waals surface area contributed by atoms with Crippen molar-refractivity contribution < 1.29 is 9.18 Å². The van der Waals surface area contributed by atoms with Gasteiger partial charge in [-0.25, -0.2) is 4.39 Å². The van der Waals surface area contributed by atoms with Crippen LogP contribution in [0, 0.1) is 12.7 Å². The average Bonchev–Trinajstić information content (AvgIpc) is 2.34. The first-order valence-electron chi connectivity index (χ1n) is 6.18. The fourth-order valence-electron chi connectivity index (χ4n) is 2.38. The van der Waals surface area contributed by atoms with E-state index in [1.807, 2.05) is 18.2 Å². The summed E-state index contributed by atoms with van der Waals surface area (Å²) < 4.78 is 13.7. The van der Waals surface area contributed by atoms with Crippen LogP contribution in [0.4, 0.5) is 4.39 Å². The van der Waals surface area contributed by atoms with E-state index in [4.69, 9.17) is 0 Å². The maximum absolute atomic E-state index is 13.4. The number of benzene rings is 2. The molecule has 19 heavy (non-hydrogen) atoms. The van der Waals surface area contributed by atoms with Gasteiger partial charge >= 0.3 is 0 Å². The van der Waals surface area contributed by atoms with Gasteiger partial charge in [0.1, 0.15) is 5.82 Å². The van der Waals surface area contributed by atoms with Crippen LogP contribution in [0.5, 0.6) is 0 Å². The minimum absolute atomic E-state index is 0.0482. The van der Waals surface area contributed by atoms with E-state index in [1.165, 1.54) is 17.2 Å². The molecule has 0 atom stereocenters. The predicted octanol–water partition coefficient (Wildman–Crippen LogP) is 4.23. The second-order valence-corrected chi connectivity index (χ2v) is 5.75. The van der Waals surface area contributed by atoms with Crippen molar-refractivity contribution in [1.29, 1.82) is 0 Å². The second-order valence-electron chi connectivity index (χ2n) is 4.89. The Morgan fingerprint density at radius 2 is 1.89 bits per heavy atom. The van der Waals surface area contributed by atoms with Crippen molar-refractivity contribution in [3.8, 4) is 0 Å². The van der Waals surface area contributed by atoms with E-state index in [1.54, 1.807) is 13.0 Å². The highest BCUT2D eigenvalue weighted by molar-refractivity contribution is 9.10. The predicted molar refractivity (Wildman–Crippen MR) is 76.1 cm³/mol. The van der Waals surface area contributed by atoms with Crippen LogP contribution in [0.3, 0.4) is 0 Å². The molecule has 0 heterocycles.